The summed E-state index contributed by atoms with van der Waals surface area (Å²) >= 11 is 0. The Balaban J connectivity index is 1.94. The number of carbonyl (C=O) groups excluding carboxylic acids is 1. The maximum absolute atomic E-state index is 11.7. The molecule has 4 heteroatoms. The summed E-state index contributed by atoms with van der Waals surface area (Å²) in [5, 5.41) is 13.6. The van der Waals surface area contributed by atoms with Gasteiger partial charge in [0.25, 0.3) is 0 Å². The number of hydrogen-bond acceptors (Lipinski definition) is 3. The second kappa shape index (κ2) is 6.86. The van der Waals surface area contributed by atoms with Crippen LogP contribution in [0, 0.1) is 0 Å². The van der Waals surface area contributed by atoms with Gasteiger partial charge in [0, 0.05) is 13.0 Å². The fraction of sp³-hybridized carbons (Fsp3) is 0.562. The Labute approximate surface area is 120 Å². The number of aryl methyl sites for hydroxylation is 1. The van der Waals surface area contributed by atoms with Crippen LogP contribution >= 0.6 is 0 Å². The molecule has 110 valence electrons. The lowest BCUT2D eigenvalue weighted by Crippen LogP contribution is -2.43. The highest BCUT2D eigenvalue weighted by molar-refractivity contribution is 5.76. The number of ether oxygens (including phenoxy) is 1. The van der Waals surface area contributed by atoms with Crippen molar-refractivity contribution in [2.75, 3.05) is 19.8 Å². The summed E-state index contributed by atoms with van der Waals surface area (Å²) in [7, 11) is 0. The molecule has 20 heavy (non-hydrogen) atoms. The maximum Gasteiger partial charge on any atom is 0.222 e. The summed E-state index contributed by atoms with van der Waals surface area (Å²) in [5.41, 5.74) is 1.21. The van der Waals surface area contributed by atoms with Crippen molar-refractivity contribution in [3.05, 3.63) is 35.4 Å². The van der Waals surface area contributed by atoms with Crippen molar-refractivity contribution in [2.24, 2.45) is 0 Å². The summed E-state index contributed by atoms with van der Waals surface area (Å²) < 4.78 is 5.15. The third-order valence-corrected chi connectivity index (χ3v) is 3.81. The lowest BCUT2D eigenvalue weighted by atomic mass is 9.79. The molecule has 0 heterocycles. The van der Waals surface area contributed by atoms with E-state index in [1.807, 2.05) is 25.1 Å². The Hall–Kier alpha value is -1.39. The lowest BCUT2D eigenvalue weighted by molar-refractivity contribution is -0.123. The van der Waals surface area contributed by atoms with E-state index in [2.05, 4.69) is 11.4 Å². The number of hydrogen-bond donors (Lipinski definition) is 2. The van der Waals surface area contributed by atoms with Gasteiger partial charge in [-0.15, -0.1) is 0 Å². The van der Waals surface area contributed by atoms with Crippen molar-refractivity contribution in [3.63, 3.8) is 0 Å². The third kappa shape index (κ3) is 3.58. The fourth-order valence-electron chi connectivity index (χ4n) is 2.72. The molecule has 0 saturated heterocycles. The van der Waals surface area contributed by atoms with Gasteiger partial charge in [0.1, 0.15) is 5.60 Å². The predicted octanol–water partition coefficient (Wildman–Crippen LogP) is 1.75. The summed E-state index contributed by atoms with van der Waals surface area (Å²) in [4.78, 5) is 11.7. The zero-order valence-electron chi connectivity index (χ0n) is 12.0. The van der Waals surface area contributed by atoms with Gasteiger partial charge in [0.2, 0.25) is 5.91 Å². The van der Waals surface area contributed by atoms with Gasteiger partial charge in [-0.05, 0) is 37.3 Å². The minimum absolute atomic E-state index is 0.0741. The highest BCUT2D eigenvalue weighted by Gasteiger charge is 2.34. The molecule has 0 bridgehead atoms. The first-order valence-electron chi connectivity index (χ1n) is 7.31. The Kier molecular flexibility index (Phi) is 5.15. The van der Waals surface area contributed by atoms with Crippen LogP contribution in [-0.4, -0.2) is 30.8 Å². The normalized spacial score (nSPS) is 21.3. The molecule has 0 fully saturated rings. The second-order valence-electron chi connectivity index (χ2n) is 5.27. The Morgan fingerprint density at radius 1 is 1.45 bits per heavy atom. The van der Waals surface area contributed by atoms with Crippen molar-refractivity contribution in [2.45, 2.75) is 38.2 Å². The van der Waals surface area contributed by atoms with E-state index >= 15 is 0 Å². The van der Waals surface area contributed by atoms with Crippen LogP contribution in [0.1, 0.15) is 37.3 Å². The number of carbonyl (C=O) groups is 1. The number of amides is 1. The minimum Gasteiger partial charge on any atom is -0.383 e. The topological polar surface area (TPSA) is 58.6 Å². The molecule has 1 aliphatic carbocycles. The zero-order valence-corrected chi connectivity index (χ0v) is 12.0. The van der Waals surface area contributed by atoms with Gasteiger partial charge in [-0.3, -0.25) is 4.79 Å². The zero-order chi connectivity index (χ0) is 14.4. The molecule has 0 saturated carbocycles. The van der Waals surface area contributed by atoms with E-state index < -0.39 is 5.60 Å². The molecule has 1 atom stereocenters. The van der Waals surface area contributed by atoms with E-state index in [1.54, 1.807) is 0 Å². The average Bonchev–Trinajstić information content (AvgIpc) is 2.46. The van der Waals surface area contributed by atoms with Crippen molar-refractivity contribution >= 4 is 5.91 Å². The summed E-state index contributed by atoms with van der Waals surface area (Å²) in [6.45, 7) is 3.22. The molecule has 1 aromatic carbocycles. The molecular weight excluding hydrogens is 254 g/mol. The minimum atomic E-state index is -0.934. The summed E-state index contributed by atoms with van der Waals surface area (Å²) in [5.74, 6) is -0.0741. The molecule has 0 aromatic heterocycles. The molecule has 2 rings (SSSR count). The summed E-state index contributed by atoms with van der Waals surface area (Å²) in [6, 6.07) is 7.94. The molecule has 0 spiro atoms. The molecule has 0 aliphatic heterocycles. The van der Waals surface area contributed by atoms with Crippen LogP contribution in [0.25, 0.3) is 0 Å². The number of fused-ring (bicyclic) bond motifs is 1. The first-order valence-corrected chi connectivity index (χ1v) is 7.31. The first-order chi connectivity index (χ1) is 9.65. The molecular formula is C16H23NO3. The monoisotopic (exact) mass is 277 g/mol. The van der Waals surface area contributed by atoms with Crippen molar-refractivity contribution in [1.29, 1.82) is 0 Å². The molecule has 0 radical (unpaired) electrons. The van der Waals surface area contributed by atoms with Crippen LogP contribution in [0.4, 0.5) is 0 Å². The largest absolute Gasteiger partial charge is 0.383 e. The maximum atomic E-state index is 11.7. The van der Waals surface area contributed by atoms with E-state index in [0.29, 0.717) is 26.1 Å². The fourth-order valence-corrected chi connectivity index (χ4v) is 2.72. The second-order valence-corrected chi connectivity index (χ2v) is 5.27. The van der Waals surface area contributed by atoms with Gasteiger partial charge in [0.15, 0.2) is 0 Å². The van der Waals surface area contributed by atoms with E-state index in [-0.39, 0.29) is 12.5 Å². The molecule has 1 amide bonds. The average molecular weight is 277 g/mol. The van der Waals surface area contributed by atoms with Crippen molar-refractivity contribution in [1.82, 2.24) is 5.32 Å². The van der Waals surface area contributed by atoms with Gasteiger partial charge in [-0.25, -0.2) is 0 Å². The third-order valence-electron chi connectivity index (χ3n) is 3.81. The first kappa shape index (κ1) is 15.0. The lowest BCUT2D eigenvalue weighted by Gasteiger charge is -2.34. The highest BCUT2D eigenvalue weighted by Crippen LogP contribution is 2.34. The standard InChI is InChI=1S/C16H23NO3/c1-2-20-11-9-15(18)17-12-16(19)10-5-7-13-6-3-4-8-14(13)16/h3-4,6,8,19H,2,5,7,9-12H2,1H3,(H,17,18). The Morgan fingerprint density at radius 2 is 2.25 bits per heavy atom. The van der Waals surface area contributed by atoms with E-state index in [1.165, 1.54) is 5.56 Å². The molecule has 4 nitrogen and oxygen atoms in total. The van der Waals surface area contributed by atoms with Crippen molar-refractivity contribution < 1.29 is 14.6 Å². The Bertz CT molecular complexity index is 461. The van der Waals surface area contributed by atoms with Gasteiger partial charge < -0.3 is 15.2 Å². The SMILES string of the molecule is CCOCCC(=O)NCC1(O)CCCc2ccccc21. The van der Waals surface area contributed by atoms with E-state index in [0.717, 1.165) is 18.4 Å². The highest BCUT2D eigenvalue weighted by atomic mass is 16.5. The number of rotatable bonds is 6. The number of aliphatic hydroxyl groups is 1. The van der Waals surface area contributed by atoms with Gasteiger partial charge in [-0.2, -0.15) is 0 Å². The summed E-state index contributed by atoms with van der Waals surface area (Å²) in [6.07, 6.45) is 2.97. The smallest absolute Gasteiger partial charge is 0.222 e. The quantitative estimate of drug-likeness (QED) is 0.779. The van der Waals surface area contributed by atoms with E-state index in [4.69, 9.17) is 4.74 Å². The van der Waals surface area contributed by atoms with Crippen LogP contribution < -0.4 is 5.32 Å². The number of nitrogens with one attached hydrogen (secondary N) is 1. The van der Waals surface area contributed by atoms with Crippen LogP contribution in [0.5, 0.6) is 0 Å². The molecule has 1 unspecified atom stereocenters. The number of benzene rings is 1. The predicted molar refractivity (Wildman–Crippen MR) is 77.4 cm³/mol. The molecule has 1 aliphatic rings. The van der Waals surface area contributed by atoms with E-state index in [9.17, 15) is 9.90 Å². The molecule has 2 N–H and O–H groups in total. The molecule has 1 aromatic rings. The van der Waals surface area contributed by atoms with Crippen LogP contribution in [0.15, 0.2) is 24.3 Å². The van der Waals surface area contributed by atoms with Gasteiger partial charge in [0.05, 0.1) is 13.2 Å². The van der Waals surface area contributed by atoms with Gasteiger partial charge >= 0.3 is 0 Å². The van der Waals surface area contributed by atoms with Crippen LogP contribution in [0.2, 0.25) is 0 Å². The van der Waals surface area contributed by atoms with Crippen molar-refractivity contribution in [3.8, 4) is 0 Å². The van der Waals surface area contributed by atoms with Crippen LogP contribution in [0.3, 0.4) is 0 Å². The Morgan fingerprint density at radius 3 is 3.05 bits per heavy atom. The van der Waals surface area contributed by atoms with Gasteiger partial charge in [-0.1, -0.05) is 24.3 Å². The van der Waals surface area contributed by atoms with Crippen LogP contribution in [-0.2, 0) is 21.6 Å².